The second-order valence-electron chi connectivity index (χ2n) is 6.35. The van der Waals surface area contributed by atoms with E-state index in [1.807, 2.05) is 36.9 Å². The Kier molecular flexibility index (Phi) is 4.48. The summed E-state index contributed by atoms with van der Waals surface area (Å²) in [6.45, 7) is 6.63. The van der Waals surface area contributed by atoms with Crippen LogP contribution in [-0.2, 0) is 9.59 Å². The summed E-state index contributed by atoms with van der Waals surface area (Å²) in [5, 5.41) is 2.87. The first-order chi connectivity index (χ1) is 11.0. The molecule has 2 saturated heterocycles. The molecule has 0 spiro atoms. The zero-order chi connectivity index (χ0) is 16.4. The maximum absolute atomic E-state index is 12.6. The first kappa shape index (κ1) is 16.1. The van der Waals surface area contributed by atoms with E-state index >= 15 is 0 Å². The van der Waals surface area contributed by atoms with Gasteiger partial charge in [0.2, 0.25) is 11.8 Å². The normalized spacial score (nSPS) is 24.3. The molecular weight excluding hydrogens is 312 g/mol. The van der Waals surface area contributed by atoms with Crippen LogP contribution in [0.5, 0.6) is 0 Å². The number of anilines is 1. The molecule has 1 atom stereocenters. The van der Waals surface area contributed by atoms with E-state index in [0.717, 1.165) is 18.9 Å². The quantitative estimate of drug-likeness (QED) is 0.864. The summed E-state index contributed by atoms with van der Waals surface area (Å²) in [5.41, 5.74) is 0. The number of nitrogens with zero attached hydrogens (tertiary/aromatic N) is 3. The lowest BCUT2D eigenvalue weighted by atomic mass is 10.1. The number of amides is 2. The van der Waals surface area contributed by atoms with Gasteiger partial charge in [0.25, 0.3) is 0 Å². The first-order valence-electron chi connectivity index (χ1n) is 7.87. The summed E-state index contributed by atoms with van der Waals surface area (Å²) >= 11 is 1.55. The smallest absolute Gasteiger partial charge is 0.246 e. The van der Waals surface area contributed by atoms with E-state index in [9.17, 15) is 9.59 Å². The highest BCUT2D eigenvalue weighted by Crippen LogP contribution is 2.29. The summed E-state index contributed by atoms with van der Waals surface area (Å²) in [6.07, 6.45) is 1.78. The third-order valence-corrected chi connectivity index (χ3v) is 5.73. The van der Waals surface area contributed by atoms with Crippen molar-refractivity contribution in [2.45, 2.75) is 24.6 Å². The van der Waals surface area contributed by atoms with Crippen molar-refractivity contribution < 1.29 is 9.59 Å². The average molecular weight is 334 g/mol. The number of thioether (sulfide) groups is 1. The van der Waals surface area contributed by atoms with Crippen molar-refractivity contribution in [1.82, 2.24) is 15.2 Å². The second kappa shape index (κ2) is 6.39. The lowest BCUT2D eigenvalue weighted by Crippen LogP contribution is -2.60. The van der Waals surface area contributed by atoms with E-state index < -0.39 is 10.8 Å². The highest BCUT2D eigenvalue weighted by atomic mass is 32.2. The molecule has 0 bridgehead atoms. The largest absolute Gasteiger partial charge is 0.353 e. The fourth-order valence-electron chi connectivity index (χ4n) is 2.78. The number of aromatic nitrogens is 1. The van der Waals surface area contributed by atoms with Gasteiger partial charge in [-0.2, -0.15) is 0 Å². The van der Waals surface area contributed by atoms with Gasteiger partial charge in [-0.3, -0.25) is 9.59 Å². The third kappa shape index (κ3) is 3.44. The molecule has 124 valence electrons. The number of hydrogen-bond donors (Lipinski definition) is 1. The van der Waals surface area contributed by atoms with Gasteiger partial charge in [-0.25, -0.2) is 4.98 Å². The summed E-state index contributed by atoms with van der Waals surface area (Å²) < 4.78 is -0.450. The average Bonchev–Trinajstić information content (AvgIpc) is 2.58. The van der Waals surface area contributed by atoms with E-state index in [4.69, 9.17) is 0 Å². The van der Waals surface area contributed by atoms with Crippen LogP contribution in [0.25, 0.3) is 0 Å². The van der Waals surface area contributed by atoms with Gasteiger partial charge in [0.15, 0.2) is 0 Å². The van der Waals surface area contributed by atoms with Crippen LogP contribution in [-0.4, -0.2) is 64.4 Å². The van der Waals surface area contributed by atoms with Crippen LogP contribution in [0.3, 0.4) is 0 Å². The molecule has 2 aliphatic heterocycles. The molecule has 1 unspecified atom stereocenters. The molecule has 6 nitrogen and oxygen atoms in total. The Morgan fingerprint density at radius 1 is 1.30 bits per heavy atom. The number of nitrogens with one attached hydrogen (secondary N) is 1. The van der Waals surface area contributed by atoms with Crippen LogP contribution < -0.4 is 10.2 Å². The Morgan fingerprint density at radius 2 is 2.04 bits per heavy atom. The Balaban J connectivity index is 1.56. The minimum Gasteiger partial charge on any atom is -0.353 e. The number of carbonyl (C=O) groups excluding carboxylic acids is 2. The second-order valence-corrected chi connectivity index (χ2v) is 7.99. The summed E-state index contributed by atoms with van der Waals surface area (Å²) in [4.78, 5) is 33.0. The predicted molar refractivity (Wildman–Crippen MR) is 91.5 cm³/mol. The predicted octanol–water partition coefficient (Wildman–Crippen LogP) is 0.740. The zero-order valence-corrected chi connectivity index (χ0v) is 14.3. The number of pyridine rings is 1. The van der Waals surface area contributed by atoms with Crippen LogP contribution in [0.4, 0.5) is 5.82 Å². The van der Waals surface area contributed by atoms with E-state index in [0.29, 0.717) is 18.8 Å². The molecule has 23 heavy (non-hydrogen) atoms. The highest BCUT2D eigenvalue weighted by molar-refractivity contribution is 8.01. The van der Waals surface area contributed by atoms with Crippen molar-refractivity contribution in [3.63, 3.8) is 0 Å². The van der Waals surface area contributed by atoms with Crippen molar-refractivity contribution in [1.29, 1.82) is 0 Å². The molecular formula is C16H22N4O2S. The molecule has 1 N–H and O–H groups in total. The number of piperazine rings is 1. The standard InChI is InChI=1S/C16H22N4O2S/c1-16(2)15(22)18-12(11-23-16)14(21)20-9-7-19(8-10-20)13-5-3-4-6-17-13/h3-6,12H,7-11H2,1-2H3,(H,18,22). The molecule has 2 amide bonds. The van der Waals surface area contributed by atoms with Crippen molar-refractivity contribution >= 4 is 29.4 Å². The molecule has 0 aromatic carbocycles. The van der Waals surface area contributed by atoms with Gasteiger partial charge in [0.1, 0.15) is 11.9 Å². The Hall–Kier alpha value is -1.76. The molecule has 0 aliphatic carbocycles. The van der Waals surface area contributed by atoms with Gasteiger partial charge in [-0.15, -0.1) is 11.8 Å². The number of hydrogen-bond acceptors (Lipinski definition) is 5. The SMILES string of the molecule is CC1(C)SCC(C(=O)N2CCN(c3ccccn3)CC2)NC1=O. The van der Waals surface area contributed by atoms with Crippen LogP contribution in [0.1, 0.15) is 13.8 Å². The molecule has 1 aromatic rings. The maximum atomic E-state index is 12.6. The molecule has 0 radical (unpaired) electrons. The molecule has 1 aromatic heterocycles. The van der Waals surface area contributed by atoms with Crippen molar-refractivity contribution in [2.24, 2.45) is 0 Å². The van der Waals surface area contributed by atoms with E-state index in [1.165, 1.54) is 0 Å². The third-order valence-electron chi connectivity index (χ3n) is 4.33. The maximum Gasteiger partial charge on any atom is 0.246 e. The van der Waals surface area contributed by atoms with Gasteiger partial charge in [0.05, 0.1) is 4.75 Å². The molecule has 7 heteroatoms. The van der Waals surface area contributed by atoms with E-state index in [1.54, 1.807) is 18.0 Å². The molecule has 3 heterocycles. The summed E-state index contributed by atoms with van der Waals surface area (Å²) in [7, 11) is 0. The van der Waals surface area contributed by atoms with Gasteiger partial charge in [-0.1, -0.05) is 6.07 Å². The summed E-state index contributed by atoms with van der Waals surface area (Å²) in [6, 6.07) is 5.45. The van der Waals surface area contributed by atoms with E-state index in [2.05, 4.69) is 15.2 Å². The van der Waals surface area contributed by atoms with Gasteiger partial charge < -0.3 is 15.1 Å². The minimum atomic E-state index is -0.450. The summed E-state index contributed by atoms with van der Waals surface area (Å²) in [5.74, 6) is 1.56. The molecule has 0 saturated carbocycles. The van der Waals surface area contributed by atoms with Crippen molar-refractivity contribution in [3.05, 3.63) is 24.4 Å². The van der Waals surface area contributed by atoms with Crippen LogP contribution in [0.15, 0.2) is 24.4 Å². The molecule has 3 rings (SSSR count). The minimum absolute atomic E-state index is 0.0296. The first-order valence-corrected chi connectivity index (χ1v) is 8.85. The highest BCUT2D eigenvalue weighted by Gasteiger charge is 2.39. The van der Waals surface area contributed by atoms with Gasteiger partial charge in [0, 0.05) is 38.1 Å². The van der Waals surface area contributed by atoms with Crippen molar-refractivity contribution in [3.8, 4) is 0 Å². The Morgan fingerprint density at radius 3 is 2.65 bits per heavy atom. The van der Waals surface area contributed by atoms with Crippen molar-refractivity contribution in [2.75, 3.05) is 36.8 Å². The van der Waals surface area contributed by atoms with E-state index in [-0.39, 0.29) is 11.8 Å². The Bertz CT molecular complexity index is 585. The monoisotopic (exact) mass is 334 g/mol. The lowest BCUT2D eigenvalue weighted by Gasteiger charge is -2.39. The fraction of sp³-hybridized carbons (Fsp3) is 0.562. The van der Waals surface area contributed by atoms with Crippen LogP contribution >= 0.6 is 11.8 Å². The van der Waals surface area contributed by atoms with Gasteiger partial charge in [-0.05, 0) is 26.0 Å². The fourth-order valence-corrected chi connectivity index (χ4v) is 3.78. The molecule has 2 aliphatic rings. The Labute approximate surface area is 140 Å². The molecule has 2 fully saturated rings. The van der Waals surface area contributed by atoms with Crippen LogP contribution in [0, 0.1) is 0 Å². The number of rotatable bonds is 2. The number of carbonyl (C=O) groups is 2. The lowest BCUT2D eigenvalue weighted by molar-refractivity contribution is -0.136. The van der Waals surface area contributed by atoms with Crippen LogP contribution in [0.2, 0.25) is 0 Å². The zero-order valence-electron chi connectivity index (χ0n) is 13.5. The topological polar surface area (TPSA) is 65.5 Å². The van der Waals surface area contributed by atoms with Gasteiger partial charge >= 0.3 is 0 Å².